The van der Waals surface area contributed by atoms with Gasteiger partial charge in [-0.3, -0.25) is 0 Å². The zero-order valence-corrected chi connectivity index (χ0v) is 13.6. The Bertz CT molecular complexity index is 525. The molecule has 1 saturated carbocycles. The van der Waals surface area contributed by atoms with Crippen LogP contribution in [0.15, 0.2) is 12.1 Å². The van der Waals surface area contributed by atoms with Gasteiger partial charge in [-0.05, 0) is 43.7 Å². The van der Waals surface area contributed by atoms with Gasteiger partial charge in [0.25, 0.3) is 0 Å². The molecule has 0 aliphatic heterocycles. The van der Waals surface area contributed by atoms with E-state index < -0.39 is 5.97 Å². The first-order valence-corrected chi connectivity index (χ1v) is 8.62. The zero-order chi connectivity index (χ0) is 15.5. The van der Waals surface area contributed by atoms with Crippen LogP contribution in [0.2, 0.25) is 0 Å². The molecule has 4 nitrogen and oxygen atoms in total. The van der Waals surface area contributed by atoms with E-state index in [1.54, 1.807) is 6.07 Å². The predicted molar refractivity (Wildman–Crippen MR) is 90.4 cm³/mol. The second-order valence-electron chi connectivity index (χ2n) is 5.86. The number of nitrogens with two attached hydrogens (primary N) is 1. The molecule has 0 bridgehead atoms. The smallest absolute Gasteiger partial charge is 0.337 e. The van der Waals surface area contributed by atoms with E-state index in [9.17, 15) is 9.90 Å². The van der Waals surface area contributed by atoms with Gasteiger partial charge in [-0.2, -0.15) is 11.8 Å². The molecule has 1 aliphatic carbocycles. The van der Waals surface area contributed by atoms with E-state index in [4.69, 9.17) is 5.73 Å². The minimum absolute atomic E-state index is 0.180. The quantitative estimate of drug-likeness (QED) is 0.722. The molecule has 2 rings (SSSR count). The SMILES string of the molecule is CSC1(CNc2cc(C)c(N)c(C(=O)O)c2)CCCCC1. The minimum atomic E-state index is -0.975. The van der Waals surface area contributed by atoms with Gasteiger partial charge >= 0.3 is 5.97 Å². The Balaban J connectivity index is 2.14. The Morgan fingerprint density at radius 2 is 2.05 bits per heavy atom. The number of hydrogen-bond acceptors (Lipinski definition) is 4. The first-order chi connectivity index (χ1) is 9.97. The molecule has 0 spiro atoms. The van der Waals surface area contributed by atoms with E-state index in [0.29, 0.717) is 5.69 Å². The van der Waals surface area contributed by atoms with Crippen LogP contribution in [-0.2, 0) is 0 Å². The predicted octanol–water partition coefficient (Wildman–Crippen LogP) is 3.75. The van der Waals surface area contributed by atoms with Gasteiger partial charge in [-0.1, -0.05) is 19.3 Å². The fraction of sp³-hybridized carbons (Fsp3) is 0.562. The highest BCUT2D eigenvalue weighted by molar-refractivity contribution is 8.00. The highest BCUT2D eigenvalue weighted by Gasteiger charge is 2.30. The van der Waals surface area contributed by atoms with Crippen molar-refractivity contribution in [2.24, 2.45) is 0 Å². The van der Waals surface area contributed by atoms with E-state index in [1.165, 1.54) is 32.1 Å². The fourth-order valence-electron chi connectivity index (χ4n) is 2.99. The number of carbonyl (C=O) groups is 1. The molecule has 116 valence electrons. The third-order valence-electron chi connectivity index (χ3n) is 4.43. The average Bonchev–Trinajstić information content (AvgIpc) is 2.49. The Kier molecular flexibility index (Phi) is 5.04. The normalized spacial score (nSPS) is 17.4. The summed E-state index contributed by atoms with van der Waals surface area (Å²) in [5.41, 5.74) is 8.01. The van der Waals surface area contributed by atoms with Gasteiger partial charge in [0.2, 0.25) is 0 Å². The van der Waals surface area contributed by atoms with Crippen LogP contribution in [-0.4, -0.2) is 28.6 Å². The maximum atomic E-state index is 11.2. The van der Waals surface area contributed by atoms with Crippen molar-refractivity contribution in [2.75, 3.05) is 23.9 Å². The molecule has 4 N–H and O–H groups in total. The van der Waals surface area contributed by atoms with Crippen molar-refractivity contribution in [1.82, 2.24) is 0 Å². The first-order valence-electron chi connectivity index (χ1n) is 7.40. The molecule has 0 unspecified atom stereocenters. The molecule has 0 saturated heterocycles. The fourth-order valence-corrected chi connectivity index (χ4v) is 3.90. The molecule has 0 atom stereocenters. The number of nitrogen functional groups attached to an aromatic ring is 1. The third kappa shape index (κ3) is 3.64. The number of carboxylic acids is 1. The van der Waals surface area contributed by atoms with Crippen LogP contribution in [0.4, 0.5) is 11.4 Å². The van der Waals surface area contributed by atoms with Gasteiger partial charge in [0.05, 0.1) is 5.56 Å². The summed E-state index contributed by atoms with van der Waals surface area (Å²) in [7, 11) is 0. The van der Waals surface area contributed by atoms with Gasteiger partial charge in [0, 0.05) is 22.7 Å². The van der Waals surface area contributed by atoms with Crippen molar-refractivity contribution in [3.05, 3.63) is 23.3 Å². The van der Waals surface area contributed by atoms with Crippen LogP contribution >= 0.6 is 11.8 Å². The largest absolute Gasteiger partial charge is 0.478 e. The van der Waals surface area contributed by atoms with E-state index in [1.807, 2.05) is 24.8 Å². The van der Waals surface area contributed by atoms with Crippen molar-refractivity contribution in [3.8, 4) is 0 Å². The number of thioether (sulfide) groups is 1. The number of benzene rings is 1. The summed E-state index contributed by atoms with van der Waals surface area (Å²) in [5.74, 6) is -0.975. The van der Waals surface area contributed by atoms with E-state index in [0.717, 1.165) is 17.8 Å². The van der Waals surface area contributed by atoms with Crippen molar-refractivity contribution in [2.45, 2.75) is 43.8 Å². The molecule has 1 aromatic carbocycles. The number of aryl methyl sites for hydroxylation is 1. The molecule has 1 aliphatic rings. The van der Waals surface area contributed by atoms with Gasteiger partial charge in [-0.25, -0.2) is 4.79 Å². The summed E-state index contributed by atoms with van der Waals surface area (Å²) in [4.78, 5) is 11.2. The van der Waals surface area contributed by atoms with Gasteiger partial charge in [0.15, 0.2) is 0 Å². The van der Waals surface area contributed by atoms with Crippen molar-refractivity contribution in [3.63, 3.8) is 0 Å². The van der Waals surface area contributed by atoms with E-state index >= 15 is 0 Å². The molecular weight excluding hydrogens is 284 g/mol. The third-order valence-corrected chi connectivity index (χ3v) is 5.85. The molecule has 0 heterocycles. The second kappa shape index (κ2) is 6.60. The summed E-state index contributed by atoms with van der Waals surface area (Å²) in [6.07, 6.45) is 8.51. The summed E-state index contributed by atoms with van der Waals surface area (Å²) < 4.78 is 0.275. The lowest BCUT2D eigenvalue weighted by Crippen LogP contribution is -2.35. The molecular formula is C16H24N2O2S. The van der Waals surface area contributed by atoms with Gasteiger partial charge in [-0.15, -0.1) is 0 Å². The Labute approximate surface area is 130 Å². The highest BCUT2D eigenvalue weighted by Crippen LogP contribution is 2.38. The summed E-state index contributed by atoms with van der Waals surface area (Å²) >= 11 is 1.93. The number of anilines is 2. The average molecular weight is 308 g/mol. The Morgan fingerprint density at radius 1 is 1.38 bits per heavy atom. The maximum absolute atomic E-state index is 11.2. The van der Waals surface area contributed by atoms with E-state index in [2.05, 4.69) is 11.6 Å². The molecule has 0 radical (unpaired) electrons. The minimum Gasteiger partial charge on any atom is -0.478 e. The zero-order valence-electron chi connectivity index (χ0n) is 12.7. The number of rotatable bonds is 5. The number of hydrogen-bond donors (Lipinski definition) is 3. The lowest BCUT2D eigenvalue weighted by atomic mass is 9.88. The highest BCUT2D eigenvalue weighted by atomic mass is 32.2. The van der Waals surface area contributed by atoms with Crippen LogP contribution < -0.4 is 11.1 Å². The van der Waals surface area contributed by atoms with Crippen LogP contribution in [0.25, 0.3) is 0 Å². The summed E-state index contributed by atoms with van der Waals surface area (Å²) in [6.45, 7) is 2.72. The number of nitrogens with one attached hydrogen (secondary N) is 1. The van der Waals surface area contributed by atoms with E-state index in [-0.39, 0.29) is 10.3 Å². The number of carboxylic acid groups (broad SMARTS) is 1. The molecule has 5 heteroatoms. The number of aromatic carboxylic acids is 1. The maximum Gasteiger partial charge on any atom is 0.337 e. The molecule has 1 fully saturated rings. The Hall–Kier alpha value is -1.36. The summed E-state index contributed by atoms with van der Waals surface area (Å²) in [6, 6.07) is 3.57. The van der Waals surface area contributed by atoms with Crippen molar-refractivity contribution in [1.29, 1.82) is 0 Å². The lowest BCUT2D eigenvalue weighted by Gasteiger charge is -2.36. The van der Waals surface area contributed by atoms with Crippen molar-refractivity contribution >= 4 is 29.1 Å². The molecule has 0 aromatic heterocycles. The van der Waals surface area contributed by atoms with Gasteiger partial charge < -0.3 is 16.2 Å². The molecule has 21 heavy (non-hydrogen) atoms. The van der Waals surface area contributed by atoms with Crippen molar-refractivity contribution < 1.29 is 9.90 Å². The van der Waals surface area contributed by atoms with Crippen LogP contribution in [0.5, 0.6) is 0 Å². The second-order valence-corrected chi connectivity index (χ2v) is 7.14. The van der Waals surface area contributed by atoms with Gasteiger partial charge in [0.1, 0.15) is 0 Å². The van der Waals surface area contributed by atoms with Crippen LogP contribution in [0.3, 0.4) is 0 Å². The Morgan fingerprint density at radius 3 is 2.62 bits per heavy atom. The monoisotopic (exact) mass is 308 g/mol. The molecule has 1 aromatic rings. The molecule has 0 amide bonds. The topological polar surface area (TPSA) is 75.3 Å². The van der Waals surface area contributed by atoms with Crippen LogP contribution in [0.1, 0.15) is 48.0 Å². The first kappa shape index (κ1) is 16.0. The summed E-state index contributed by atoms with van der Waals surface area (Å²) in [5, 5.41) is 12.6. The van der Waals surface area contributed by atoms with Crippen LogP contribution in [0, 0.1) is 6.92 Å². The lowest BCUT2D eigenvalue weighted by molar-refractivity contribution is 0.0698. The standard InChI is InChI=1S/C16H24N2O2S/c1-11-8-12(9-13(14(11)17)15(19)20)18-10-16(21-2)6-4-3-5-7-16/h8-9,18H,3-7,10,17H2,1-2H3,(H,19,20).